The van der Waals surface area contributed by atoms with E-state index in [0.717, 1.165) is 34.2 Å². The molecule has 0 radical (unpaired) electrons. The van der Waals surface area contributed by atoms with Gasteiger partial charge in [0.05, 0.1) is 17.4 Å². The highest BCUT2D eigenvalue weighted by molar-refractivity contribution is 6.36. The summed E-state index contributed by atoms with van der Waals surface area (Å²) in [5.74, 6) is -3.61. The van der Waals surface area contributed by atoms with E-state index >= 15 is 0 Å². The molecule has 2 aliphatic heterocycles. The second-order valence-electron chi connectivity index (χ2n) is 15.0. The maximum atomic E-state index is 14.4. The lowest BCUT2D eigenvalue weighted by molar-refractivity contribution is -0.154. The fourth-order valence-corrected chi connectivity index (χ4v) is 9.07. The number of aryl methyl sites for hydroxylation is 2. The maximum Gasteiger partial charge on any atom is 0.179 e. The number of fused-ring (bicyclic) bond motifs is 2. The molecule has 4 aromatic rings. The number of carbonyl (C=O) groups excluding carboxylic acids is 4. The average Bonchev–Trinajstić information content (AvgIpc) is 3.87. The first-order valence-electron chi connectivity index (χ1n) is 19.3. The van der Waals surface area contributed by atoms with Crippen molar-refractivity contribution >= 4 is 57.9 Å². The zero-order chi connectivity index (χ0) is 41.5. The second-order valence-corrected chi connectivity index (χ2v) is 16.3. The van der Waals surface area contributed by atoms with Crippen LogP contribution >= 0.6 is 34.8 Å². The minimum atomic E-state index is -0.848. The van der Waals surface area contributed by atoms with Crippen LogP contribution < -0.4 is 5.48 Å². The molecule has 0 spiro atoms. The Labute approximate surface area is 347 Å². The first-order chi connectivity index (χ1) is 27.1. The molecule has 6 unspecified atom stereocenters. The highest BCUT2D eigenvalue weighted by Crippen LogP contribution is 2.45. The van der Waals surface area contributed by atoms with Gasteiger partial charge >= 0.3 is 0 Å². The number of benzene rings is 4. The van der Waals surface area contributed by atoms with Crippen LogP contribution in [0.3, 0.4) is 0 Å². The van der Waals surface area contributed by atoms with E-state index < -0.39 is 47.2 Å². The molecular weight excluding hydrogens is 790 g/mol. The highest BCUT2D eigenvalue weighted by Gasteiger charge is 2.61. The molecule has 2 heterocycles. The molecule has 0 aromatic heterocycles. The van der Waals surface area contributed by atoms with Gasteiger partial charge < -0.3 is 0 Å². The fourth-order valence-electron chi connectivity index (χ4n) is 8.39. The summed E-state index contributed by atoms with van der Waals surface area (Å²) in [4.78, 5) is 63.2. The van der Waals surface area contributed by atoms with Gasteiger partial charge in [0.1, 0.15) is 29.9 Å². The van der Waals surface area contributed by atoms with Gasteiger partial charge in [-0.05, 0) is 103 Å². The fraction of sp³-hybridized carbons (Fsp3) is 0.378. The third kappa shape index (κ3) is 8.00. The predicted octanol–water partition coefficient (Wildman–Crippen LogP) is 9.59. The normalized spacial score (nSPS) is 24.8. The molecule has 8 nitrogen and oxygen atoms in total. The van der Waals surface area contributed by atoms with Crippen molar-refractivity contribution in [1.82, 2.24) is 10.5 Å². The molecule has 300 valence electrons. The lowest BCUT2D eigenvalue weighted by atomic mass is 9.82. The van der Waals surface area contributed by atoms with Gasteiger partial charge in [-0.2, -0.15) is 10.5 Å². The molecule has 2 saturated heterocycles. The third-order valence-corrected chi connectivity index (χ3v) is 12.0. The standard InChI is InChI=1S/C22H21Cl2NO3.C21H19ClFNO3.C2H6/c1-4-11-5-6-12(14-8-7-13(23)10-16(14)24)9-15(11)17-19(26)18-21(20(17)27)28-25-22(18,2)3;1-3-11-4-5-12(14-7-6-13(22)9-17(14)23)8-15(11)18-19(25)16-10-24(2)27-21(16)20(18)26;1-2/h5-10,17-18,21,25H,4H2,1-3H3;4-9,16,18,21H,3,10H2,1-2H3;1-2H3. The molecular formula is C45H46Cl3FN2O6. The van der Waals surface area contributed by atoms with Gasteiger partial charge in [-0.3, -0.25) is 28.9 Å². The van der Waals surface area contributed by atoms with Crippen molar-refractivity contribution in [3.05, 3.63) is 116 Å². The molecule has 2 aliphatic carbocycles. The number of hydroxylamine groups is 3. The second kappa shape index (κ2) is 17.2. The highest BCUT2D eigenvalue weighted by atomic mass is 35.5. The van der Waals surface area contributed by atoms with Gasteiger partial charge in [-0.25, -0.2) is 4.39 Å². The molecule has 6 atom stereocenters. The first kappa shape index (κ1) is 42.8. The van der Waals surface area contributed by atoms with Crippen LogP contribution in [0.5, 0.6) is 0 Å². The summed E-state index contributed by atoms with van der Waals surface area (Å²) in [6.45, 7) is 12.2. The molecule has 4 aromatic carbocycles. The van der Waals surface area contributed by atoms with E-state index in [9.17, 15) is 23.6 Å². The Morgan fingerprint density at radius 3 is 1.77 bits per heavy atom. The summed E-state index contributed by atoms with van der Waals surface area (Å²) in [6, 6.07) is 21.1. The summed E-state index contributed by atoms with van der Waals surface area (Å²) in [5.41, 5.74) is 8.22. The van der Waals surface area contributed by atoms with E-state index in [1.165, 1.54) is 6.07 Å². The van der Waals surface area contributed by atoms with Crippen molar-refractivity contribution < 1.29 is 33.2 Å². The van der Waals surface area contributed by atoms with Crippen LogP contribution in [-0.4, -0.2) is 59.5 Å². The average molecular weight is 836 g/mol. The number of Topliss-reactive ketones (excluding diaryl/α,β-unsaturated/α-hetero) is 4. The summed E-state index contributed by atoms with van der Waals surface area (Å²) in [6.07, 6.45) is -0.0572. The Kier molecular flexibility index (Phi) is 12.9. The number of ketones is 4. The Hall–Kier alpha value is -3.80. The summed E-state index contributed by atoms with van der Waals surface area (Å²) < 4.78 is 14.4. The van der Waals surface area contributed by atoms with Gasteiger partial charge in [-0.1, -0.05) is 92.8 Å². The van der Waals surface area contributed by atoms with Crippen LogP contribution in [0.15, 0.2) is 72.8 Å². The van der Waals surface area contributed by atoms with Crippen molar-refractivity contribution in [3.63, 3.8) is 0 Å². The number of nitrogens with zero attached hydrogens (tertiary/aromatic N) is 1. The zero-order valence-corrected chi connectivity index (χ0v) is 35.2. The number of hydrogen-bond donors (Lipinski definition) is 1. The molecule has 8 rings (SSSR count). The van der Waals surface area contributed by atoms with E-state index in [4.69, 9.17) is 44.5 Å². The minimum Gasteiger partial charge on any atom is -0.298 e. The molecule has 57 heavy (non-hydrogen) atoms. The summed E-state index contributed by atoms with van der Waals surface area (Å²) in [5, 5.41) is 2.94. The van der Waals surface area contributed by atoms with Gasteiger partial charge in [0, 0.05) is 39.8 Å². The molecule has 4 fully saturated rings. The minimum absolute atomic E-state index is 0.0842. The molecule has 2 saturated carbocycles. The van der Waals surface area contributed by atoms with Gasteiger partial charge in [0.25, 0.3) is 0 Å². The maximum absolute atomic E-state index is 14.4. The third-order valence-electron chi connectivity index (χ3n) is 11.2. The Bertz CT molecular complexity index is 2220. The summed E-state index contributed by atoms with van der Waals surface area (Å²) >= 11 is 18.2. The molecule has 1 N–H and O–H groups in total. The van der Waals surface area contributed by atoms with Crippen LogP contribution in [0.4, 0.5) is 4.39 Å². The molecule has 12 heteroatoms. The van der Waals surface area contributed by atoms with Crippen LogP contribution in [-0.2, 0) is 41.7 Å². The van der Waals surface area contributed by atoms with Gasteiger partial charge in [-0.15, -0.1) is 0 Å². The number of hydrogen-bond acceptors (Lipinski definition) is 8. The molecule has 0 bridgehead atoms. The van der Waals surface area contributed by atoms with Crippen LogP contribution in [0.1, 0.15) is 75.6 Å². The lowest BCUT2D eigenvalue weighted by Gasteiger charge is -2.23. The SMILES string of the molecule is CC.CCc1ccc(-c2ccc(Cl)cc2Cl)cc1C1C(=O)C2ONC(C)(C)C2C1=O.CCc1ccc(-c2ccc(Cl)cc2F)cc1C1C(=O)C2CN(C)OC2C1=O. The van der Waals surface area contributed by atoms with E-state index in [1.807, 2.05) is 77.9 Å². The number of carbonyl (C=O) groups is 4. The summed E-state index contributed by atoms with van der Waals surface area (Å²) in [7, 11) is 1.72. The molecule has 4 aliphatic rings. The van der Waals surface area contributed by atoms with Crippen LogP contribution in [0, 0.1) is 17.7 Å². The monoisotopic (exact) mass is 834 g/mol. The van der Waals surface area contributed by atoms with Crippen molar-refractivity contribution in [1.29, 1.82) is 0 Å². The Morgan fingerprint density at radius 1 is 0.719 bits per heavy atom. The van der Waals surface area contributed by atoms with E-state index in [0.29, 0.717) is 44.7 Å². The van der Waals surface area contributed by atoms with Gasteiger partial charge in [0.2, 0.25) is 0 Å². The smallest absolute Gasteiger partial charge is 0.179 e. The van der Waals surface area contributed by atoms with Crippen molar-refractivity contribution in [2.24, 2.45) is 11.8 Å². The largest absolute Gasteiger partial charge is 0.298 e. The van der Waals surface area contributed by atoms with E-state index in [2.05, 4.69) is 5.48 Å². The Balaban J connectivity index is 0.000000185. The van der Waals surface area contributed by atoms with Crippen LogP contribution in [0.2, 0.25) is 15.1 Å². The quantitative estimate of drug-likeness (QED) is 0.192. The van der Waals surface area contributed by atoms with Crippen LogP contribution in [0.25, 0.3) is 22.3 Å². The van der Waals surface area contributed by atoms with E-state index in [1.54, 1.807) is 42.4 Å². The Morgan fingerprint density at radius 2 is 1.25 bits per heavy atom. The number of halogens is 4. The van der Waals surface area contributed by atoms with Gasteiger partial charge in [0.15, 0.2) is 23.1 Å². The van der Waals surface area contributed by atoms with Crippen molar-refractivity contribution in [2.75, 3.05) is 13.6 Å². The topological polar surface area (TPSA) is 102 Å². The number of rotatable bonds is 6. The molecule has 0 amide bonds. The van der Waals surface area contributed by atoms with Crippen molar-refractivity contribution in [3.8, 4) is 22.3 Å². The predicted molar refractivity (Wildman–Crippen MR) is 221 cm³/mol. The zero-order valence-electron chi connectivity index (χ0n) is 32.9. The van der Waals surface area contributed by atoms with E-state index in [-0.39, 0.29) is 23.1 Å². The van der Waals surface area contributed by atoms with Crippen molar-refractivity contribution in [2.45, 2.75) is 84.0 Å². The first-order valence-corrected chi connectivity index (χ1v) is 20.4. The lowest BCUT2D eigenvalue weighted by Crippen LogP contribution is -2.41. The number of nitrogens with one attached hydrogen (secondary N) is 1.